The number of hydrogen-bond acceptors (Lipinski definition) is 3. The lowest BCUT2D eigenvalue weighted by molar-refractivity contribution is 0.414. The summed E-state index contributed by atoms with van der Waals surface area (Å²) in [5.74, 6) is 0.977. The van der Waals surface area contributed by atoms with E-state index in [-0.39, 0.29) is 17.4 Å². The van der Waals surface area contributed by atoms with Gasteiger partial charge in [-0.15, -0.1) is 0 Å². The van der Waals surface area contributed by atoms with E-state index < -0.39 is 9.84 Å². The van der Waals surface area contributed by atoms with E-state index in [1.165, 1.54) is 0 Å². The minimum atomic E-state index is -3.13. The summed E-state index contributed by atoms with van der Waals surface area (Å²) in [6.45, 7) is 1.93. The Kier molecular flexibility index (Phi) is 5.02. The van der Waals surface area contributed by atoms with Crippen molar-refractivity contribution in [3.63, 3.8) is 0 Å². The normalized spacial score (nSPS) is 12.9. The Morgan fingerprint density at radius 2 is 1.62 bits per heavy atom. The van der Waals surface area contributed by atoms with E-state index in [9.17, 15) is 8.42 Å². The second-order valence-corrected chi connectivity index (χ2v) is 7.32. The van der Waals surface area contributed by atoms with Crippen molar-refractivity contribution in [2.75, 3.05) is 12.9 Å². The summed E-state index contributed by atoms with van der Waals surface area (Å²) in [5, 5.41) is 0. The van der Waals surface area contributed by atoms with Crippen LogP contribution in [0.3, 0.4) is 0 Å². The van der Waals surface area contributed by atoms with Crippen LogP contribution in [0.2, 0.25) is 0 Å². The van der Waals surface area contributed by atoms with Crippen molar-refractivity contribution in [3.8, 4) is 5.75 Å². The second kappa shape index (κ2) is 6.76. The molecule has 0 aliphatic rings. The fourth-order valence-corrected chi connectivity index (χ4v) is 4.07. The SMILES string of the molecule is COc1ccc([C@H](C)CS(=O)(=O)Cc2ccccc2)cc1. The number of sulfone groups is 1. The number of hydrogen-bond donors (Lipinski definition) is 0. The fraction of sp³-hybridized carbons (Fsp3) is 0.294. The third-order valence-electron chi connectivity index (χ3n) is 3.42. The molecular weight excluding hydrogens is 284 g/mol. The van der Waals surface area contributed by atoms with Gasteiger partial charge in [0.25, 0.3) is 0 Å². The molecule has 112 valence electrons. The van der Waals surface area contributed by atoms with Gasteiger partial charge in [0.2, 0.25) is 0 Å². The lowest BCUT2D eigenvalue weighted by Gasteiger charge is -2.13. The minimum Gasteiger partial charge on any atom is -0.497 e. The van der Waals surface area contributed by atoms with Crippen molar-refractivity contribution >= 4 is 9.84 Å². The zero-order chi connectivity index (χ0) is 15.3. The van der Waals surface area contributed by atoms with E-state index in [0.29, 0.717) is 0 Å². The molecule has 0 unspecified atom stereocenters. The van der Waals surface area contributed by atoms with Crippen LogP contribution in [-0.2, 0) is 15.6 Å². The Bertz CT molecular complexity index is 661. The molecule has 0 aliphatic heterocycles. The van der Waals surface area contributed by atoms with Crippen LogP contribution in [-0.4, -0.2) is 21.3 Å². The summed E-state index contributed by atoms with van der Waals surface area (Å²) >= 11 is 0. The molecule has 0 fully saturated rings. The maximum absolute atomic E-state index is 12.3. The molecule has 21 heavy (non-hydrogen) atoms. The van der Waals surface area contributed by atoms with Gasteiger partial charge in [-0.25, -0.2) is 8.42 Å². The molecule has 0 aromatic heterocycles. The van der Waals surface area contributed by atoms with Crippen molar-refractivity contribution in [2.24, 2.45) is 0 Å². The number of rotatable bonds is 6. The Morgan fingerprint density at radius 3 is 2.19 bits per heavy atom. The molecule has 2 aromatic rings. The van der Waals surface area contributed by atoms with Crippen molar-refractivity contribution in [1.82, 2.24) is 0 Å². The van der Waals surface area contributed by atoms with Crippen LogP contribution in [0, 0.1) is 0 Å². The average molecular weight is 304 g/mol. The van der Waals surface area contributed by atoms with E-state index >= 15 is 0 Å². The highest BCUT2D eigenvalue weighted by Crippen LogP contribution is 2.21. The molecule has 3 nitrogen and oxygen atoms in total. The zero-order valence-corrected chi connectivity index (χ0v) is 13.1. The molecule has 0 spiro atoms. The molecule has 0 amide bonds. The summed E-state index contributed by atoms with van der Waals surface area (Å²) in [5.41, 5.74) is 1.84. The Morgan fingerprint density at radius 1 is 1.00 bits per heavy atom. The molecule has 0 saturated carbocycles. The van der Waals surface area contributed by atoms with Crippen LogP contribution < -0.4 is 4.74 Å². The van der Waals surface area contributed by atoms with E-state index in [0.717, 1.165) is 16.9 Å². The molecule has 0 aliphatic carbocycles. The molecule has 0 radical (unpaired) electrons. The van der Waals surface area contributed by atoms with E-state index in [2.05, 4.69) is 0 Å². The molecule has 0 N–H and O–H groups in total. The highest BCUT2D eigenvalue weighted by atomic mass is 32.2. The van der Waals surface area contributed by atoms with Gasteiger partial charge in [-0.05, 0) is 29.2 Å². The Labute approximate surface area is 126 Å². The lowest BCUT2D eigenvalue weighted by Crippen LogP contribution is -2.14. The van der Waals surface area contributed by atoms with Crippen LogP contribution >= 0.6 is 0 Å². The van der Waals surface area contributed by atoms with Crippen molar-refractivity contribution in [3.05, 3.63) is 65.7 Å². The van der Waals surface area contributed by atoms with E-state index in [1.807, 2.05) is 61.5 Å². The number of methoxy groups -OCH3 is 1. The molecule has 0 bridgehead atoms. The molecule has 2 aromatic carbocycles. The van der Waals surface area contributed by atoms with Crippen LogP contribution in [0.25, 0.3) is 0 Å². The summed E-state index contributed by atoms with van der Waals surface area (Å²) in [4.78, 5) is 0. The van der Waals surface area contributed by atoms with Gasteiger partial charge in [0, 0.05) is 0 Å². The summed E-state index contributed by atoms with van der Waals surface area (Å²) in [7, 11) is -1.52. The van der Waals surface area contributed by atoms with Crippen molar-refractivity contribution < 1.29 is 13.2 Å². The van der Waals surface area contributed by atoms with E-state index in [4.69, 9.17) is 4.74 Å². The van der Waals surface area contributed by atoms with Gasteiger partial charge in [0.05, 0.1) is 18.6 Å². The van der Waals surface area contributed by atoms with Crippen molar-refractivity contribution in [1.29, 1.82) is 0 Å². The van der Waals surface area contributed by atoms with Gasteiger partial charge in [-0.1, -0.05) is 49.4 Å². The van der Waals surface area contributed by atoms with Crippen LogP contribution in [0.4, 0.5) is 0 Å². The number of benzene rings is 2. The topological polar surface area (TPSA) is 43.4 Å². The van der Waals surface area contributed by atoms with Gasteiger partial charge in [0.15, 0.2) is 9.84 Å². The quantitative estimate of drug-likeness (QED) is 0.821. The molecule has 0 heterocycles. The van der Waals surface area contributed by atoms with E-state index in [1.54, 1.807) is 7.11 Å². The van der Waals surface area contributed by atoms with Crippen LogP contribution in [0.5, 0.6) is 5.75 Å². The number of ether oxygens (including phenoxy) is 1. The predicted octanol–water partition coefficient (Wildman–Crippen LogP) is 3.41. The summed E-state index contributed by atoms with van der Waals surface area (Å²) in [6, 6.07) is 16.8. The fourth-order valence-electron chi connectivity index (χ4n) is 2.30. The average Bonchev–Trinajstić information content (AvgIpc) is 2.47. The minimum absolute atomic E-state index is 0.0374. The van der Waals surface area contributed by atoms with Gasteiger partial charge in [0.1, 0.15) is 5.75 Å². The van der Waals surface area contributed by atoms with Gasteiger partial charge in [-0.2, -0.15) is 0 Å². The van der Waals surface area contributed by atoms with Gasteiger partial charge < -0.3 is 4.74 Å². The lowest BCUT2D eigenvalue weighted by atomic mass is 10.0. The van der Waals surface area contributed by atoms with Gasteiger partial charge >= 0.3 is 0 Å². The third kappa shape index (κ3) is 4.60. The molecule has 1 atom stereocenters. The standard InChI is InChI=1S/C17H20O3S/c1-14(16-8-10-17(20-2)11-9-16)12-21(18,19)13-15-6-4-3-5-7-15/h3-11,14H,12-13H2,1-2H3/t14-/m1/s1. The largest absolute Gasteiger partial charge is 0.497 e. The Balaban J connectivity index is 2.05. The molecule has 2 rings (SSSR count). The maximum Gasteiger partial charge on any atom is 0.155 e. The predicted molar refractivity (Wildman–Crippen MR) is 85.3 cm³/mol. The monoisotopic (exact) mass is 304 g/mol. The van der Waals surface area contributed by atoms with Crippen LogP contribution in [0.1, 0.15) is 24.0 Å². The second-order valence-electron chi connectivity index (χ2n) is 5.21. The molecule has 0 saturated heterocycles. The molecular formula is C17H20O3S. The van der Waals surface area contributed by atoms with Gasteiger partial charge in [-0.3, -0.25) is 0 Å². The maximum atomic E-state index is 12.3. The highest BCUT2D eigenvalue weighted by molar-refractivity contribution is 7.90. The zero-order valence-electron chi connectivity index (χ0n) is 12.3. The first-order valence-corrected chi connectivity index (χ1v) is 8.70. The van der Waals surface area contributed by atoms with Crippen molar-refractivity contribution in [2.45, 2.75) is 18.6 Å². The first kappa shape index (κ1) is 15.6. The first-order chi connectivity index (χ1) is 10.00. The van der Waals surface area contributed by atoms with Crippen LogP contribution in [0.15, 0.2) is 54.6 Å². The summed E-state index contributed by atoms with van der Waals surface area (Å²) in [6.07, 6.45) is 0. The smallest absolute Gasteiger partial charge is 0.155 e. The first-order valence-electron chi connectivity index (χ1n) is 6.88. The molecule has 4 heteroatoms. The summed E-state index contributed by atoms with van der Waals surface area (Å²) < 4.78 is 29.7. The third-order valence-corrected chi connectivity index (χ3v) is 5.20. The Hall–Kier alpha value is -1.81. The highest BCUT2D eigenvalue weighted by Gasteiger charge is 2.18.